The predicted molar refractivity (Wildman–Crippen MR) is 103 cm³/mol. The van der Waals surface area contributed by atoms with Crippen LogP contribution in [0.4, 0.5) is 10.7 Å². The molecule has 26 heavy (non-hydrogen) atoms. The van der Waals surface area contributed by atoms with Crippen LogP contribution in [0.15, 0.2) is 60.1 Å². The number of carbonyl (C=O) groups excluding carboxylic acids is 2. The third-order valence-electron chi connectivity index (χ3n) is 4.47. The largest absolute Gasteiger partial charge is 0.314 e. The van der Waals surface area contributed by atoms with Gasteiger partial charge in [-0.2, -0.15) is 0 Å². The van der Waals surface area contributed by atoms with Crippen molar-refractivity contribution < 1.29 is 9.59 Å². The molecular formula is C20H17N3O2S. The van der Waals surface area contributed by atoms with Crippen molar-refractivity contribution in [3.05, 3.63) is 65.7 Å². The summed E-state index contributed by atoms with van der Waals surface area (Å²) in [6.45, 7) is 1.49. The van der Waals surface area contributed by atoms with Gasteiger partial charge in [0, 0.05) is 24.6 Å². The van der Waals surface area contributed by atoms with Crippen LogP contribution in [0.25, 0.3) is 11.3 Å². The molecule has 130 valence electrons. The van der Waals surface area contributed by atoms with Gasteiger partial charge in [0.2, 0.25) is 11.8 Å². The number of rotatable bonds is 3. The summed E-state index contributed by atoms with van der Waals surface area (Å²) in [5, 5.41) is 3.67. The number of para-hydroxylation sites is 1. The average Bonchev–Trinajstić information content (AvgIpc) is 3.26. The van der Waals surface area contributed by atoms with Crippen LogP contribution in [0.1, 0.15) is 12.5 Å². The first-order valence-corrected chi connectivity index (χ1v) is 9.20. The number of aromatic nitrogens is 1. The Kier molecular flexibility index (Phi) is 4.26. The van der Waals surface area contributed by atoms with Crippen LogP contribution in [0, 0.1) is 0 Å². The Labute approximate surface area is 155 Å². The number of benzene rings is 2. The molecule has 2 amide bonds. The number of hydrogen-bond acceptors (Lipinski definition) is 4. The number of thiazole rings is 1. The lowest BCUT2D eigenvalue weighted by Gasteiger charge is -2.23. The van der Waals surface area contributed by atoms with Crippen LogP contribution in [0.2, 0.25) is 0 Å². The standard InChI is InChI=1S/C20H17N3O2S/c1-13(24)23-16-10-6-5-9-15(16)11-17(23)19(25)22-20-18(21-12-26-20)14-7-3-2-4-8-14/h2-10,12,17H,11H2,1H3,(H,22,25)/t17-/m0/s1. The van der Waals surface area contributed by atoms with Crippen molar-refractivity contribution in [3.8, 4) is 11.3 Å². The van der Waals surface area contributed by atoms with Gasteiger partial charge in [0.15, 0.2) is 0 Å². The van der Waals surface area contributed by atoms with Gasteiger partial charge in [0.05, 0.1) is 5.51 Å². The predicted octanol–water partition coefficient (Wildman–Crippen LogP) is 3.73. The third kappa shape index (κ3) is 2.88. The van der Waals surface area contributed by atoms with Gasteiger partial charge in [0.25, 0.3) is 0 Å². The van der Waals surface area contributed by atoms with E-state index in [0.717, 1.165) is 22.5 Å². The highest BCUT2D eigenvalue weighted by atomic mass is 32.1. The Hall–Kier alpha value is -2.99. The Morgan fingerprint density at radius 1 is 1.12 bits per heavy atom. The van der Waals surface area contributed by atoms with Crippen LogP contribution < -0.4 is 10.2 Å². The van der Waals surface area contributed by atoms with Crippen molar-refractivity contribution >= 4 is 33.8 Å². The lowest BCUT2D eigenvalue weighted by molar-refractivity contribution is -0.122. The maximum Gasteiger partial charge on any atom is 0.248 e. The highest BCUT2D eigenvalue weighted by molar-refractivity contribution is 7.14. The maximum atomic E-state index is 13.0. The molecule has 0 unspecified atom stereocenters. The Bertz CT molecular complexity index is 968. The van der Waals surface area contributed by atoms with Gasteiger partial charge in [-0.15, -0.1) is 11.3 Å². The van der Waals surface area contributed by atoms with E-state index in [9.17, 15) is 9.59 Å². The van der Waals surface area contributed by atoms with E-state index in [1.165, 1.54) is 18.3 Å². The maximum absolute atomic E-state index is 13.0. The van der Waals surface area contributed by atoms with E-state index < -0.39 is 6.04 Å². The van der Waals surface area contributed by atoms with Gasteiger partial charge >= 0.3 is 0 Å². The fraction of sp³-hybridized carbons (Fsp3) is 0.150. The summed E-state index contributed by atoms with van der Waals surface area (Å²) in [5.74, 6) is -0.333. The minimum absolute atomic E-state index is 0.136. The number of carbonyl (C=O) groups is 2. The molecule has 2 heterocycles. The second-order valence-electron chi connectivity index (χ2n) is 6.12. The van der Waals surface area contributed by atoms with Gasteiger partial charge in [-0.3, -0.25) is 14.5 Å². The van der Waals surface area contributed by atoms with Crippen LogP contribution >= 0.6 is 11.3 Å². The number of nitrogens with one attached hydrogen (secondary N) is 1. The number of anilines is 2. The molecule has 0 bridgehead atoms. The molecule has 6 heteroatoms. The van der Waals surface area contributed by atoms with Crippen molar-refractivity contribution in [1.82, 2.24) is 4.98 Å². The molecule has 2 aromatic carbocycles. The first-order valence-electron chi connectivity index (χ1n) is 8.32. The van der Waals surface area contributed by atoms with Gasteiger partial charge in [-0.05, 0) is 11.6 Å². The molecule has 0 saturated heterocycles. The van der Waals surface area contributed by atoms with Gasteiger partial charge in [-0.25, -0.2) is 4.98 Å². The normalized spacial score (nSPS) is 15.6. The van der Waals surface area contributed by atoms with E-state index in [1.54, 1.807) is 10.4 Å². The van der Waals surface area contributed by atoms with Crippen molar-refractivity contribution in [1.29, 1.82) is 0 Å². The molecule has 4 rings (SSSR count). The van der Waals surface area contributed by atoms with Crippen LogP contribution in [-0.2, 0) is 16.0 Å². The molecule has 0 aliphatic carbocycles. The third-order valence-corrected chi connectivity index (χ3v) is 5.21. The number of fused-ring (bicyclic) bond motifs is 1. The quantitative estimate of drug-likeness (QED) is 0.771. The van der Waals surface area contributed by atoms with E-state index in [0.29, 0.717) is 11.4 Å². The molecule has 0 fully saturated rings. The van der Waals surface area contributed by atoms with E-state index in [-0.39, 0.29) is 11.8 Å². The van der Waals surface area contributed by atoms with Gasteiger partial charge < -0.3 is 5.32 Å². The summed E-state index contributed by atoms with van der Waals surface area (Å²) in [4.78, 5) is 31.1. The SMILES string of the molecule is CC(=O)N1c2ccccc2C[C@H]1C(=O)Nc1scnc1-c1ccccc1. The fourth-order valence-electron chi connectivity index (χ4n) is 3.32. The van der Waals surface area contributed by atoms with Crippen molar-refractivity contribution in [2.45, 2.75) is 19.4 Å². The number of nitrogens with zero attached hydrogens (tertiary/aromatic N) is 2. The molecule has 0 spiro atoms. The monoisotopic (exact) mass is 363 g/mol. The van der Waals surface area contributed by atoms with Gasteiger partial charge in [0.1, 0.15) is 16.7 Å². The van der Waals surface area contributed by atoms with E-state index in [2.05, 4.69) is 10.3 Å². The molecule has 1 N–H and O–H groups in total. The second-order valence-corrected chi connectivity index (χ2v) is 6.98. The summed E-state index contributed by atoms with van der Waals surface area (Å²) in [6, 6.07) is 16.8. The van der Waals surface area contributed by atoms with Crippen LogP contribution in [0.3, 0.4) is 0 Å². The summed E-state index contributed by atoms with van der Waals surface area (Å²) < 4.78 is 0. The zero-order chi connectivity index (χ0) is 18.1. The van der Waals surface area contributed by atoms with Crippen molar-refractivity contribution in [3.63, 3.8) is 0 Å². The number of amides is 2. The first kappa shape index (κ1) is 16.5. The summed E-state index contributed by atoms with van der Waals surface area (Å²) in [6.07, 6.45) is 0.515. The van der Waals surface area contributed by atoms with Crippen molar-refractivity contribution in [2.24, 2.45) is 0 Å². The Morgan fingerprint density at radius 3 is 2.62 bits per heavy atom. The van der Waals surface area contributed by atoms with Crippen LogP contribution in [-0.4, -0.2) is 22.8 Å². The molecule has 0 radical (unpaired) electrons. The fourth-order valence-corrected chi connectivity index (χ4v) is 4.02. The smallest absolute Gasteiger partial charge is 0.248 e. The molecule has 1 aliphatic rings. The lowest BCUT2D eigenvalue weighted by Crippen LogP contribution is -2.44. The van der Waals surface area contributed by atoms with Gasteiger partial charge in [-0.1, -0.05) is 48.5 Å². The molecule has 5 nitrogen and oxygen atoms in total. The Balaban J connectivity index is 1.60. The van der Waals surface area contributed by atoms with E-state index >= 15 is 0 Å². The topological polar surface area (TPSA) is 62.3 Å². The zero-order valence-electron chi connectivity index (χ0n) is 14.2. The minimum Gasteiger partial charge on any atom is -0.314 e. The summed E-state index contributed by atoms with van der Waals surface area (Å²) in [5.41, 5.74) is 5.23. The summed E-state index contributed by atoms with van der Waals surface area (Å²) >= 11 is 1.38. The molecule has 0 saturated carbocycles. The number of hydrogen-bond donors (Lipinski definition) is 1. The minimum atomic E-state index is -0.546. The van der Waals surface area contributed by atoms with Crippen LogP contribution in [0.5, 0.6) is 0 Å². The van der Waals surface area contributed by atoms with E-state index in [4.69, 9.17) is 0 Å². The second kappa shape index (κ2) is 6.72. The highest BCUT2D eigenvalue weighted by Gasteiger charge is 2.37. The lowest BCUT2D eigenvalue weighted by atomic mass is 10.1. The molecular weight excluding hydrogens is 346 g/mol. The average molecular weight is 363 g/mol. The summed E-state index contributed by atoms with van der Waals surface area (Å²) in [7, 11) is 0. The molecule has 3 aromatic rings. The van der Waals surface area contributed by atoms with Crippen molar-refractivity contribution in [2.75, 3.05) is 10.2 Å². The first-order chi connectivity index (χ1) is 12.6. The molecule has 1 atom stereocenters. The molecule has 1 aromatic heterocycles. The van der Waals surface area contributed by atoms with E-state index in [1.807, 2.05) is 54.6 Å². The Morgan fingerprint density at radius 2 is 1.85 bits per heavy atom. The molecule has 1 aliphatic heterocycles. The zero-order valence-corrected chi connectivity index (χ0v) is 15.0. The highest BCUT2D eigenvalue weighted by Crippen LogP contribution is 2.34.